The first-order valence-corrected chi connectivity index (χ1v) is 11.2. The molecule has 190 valence electrons. The van der Waals surface area contributed by atoms with E-state index in [-0.39, 0.29) is 30.3 Å². The minimum atomic E-state index is -2.69. The number of carbonyl (C=O) groups is 2. The van der Waals surface area contributed by atoms with Gasteiger partial charge in [0.1, 0.15) is 6.33 Å². The van der Waals surface area contributed by atoms with Crippen LogP contribution in [0.3, 0.4) is 0 Å². The molecule has 4 rings (SSSR count). The Morgan fingerprint density at radius 2 is 1.97 bits per heavy atom. The van der Waals surface area contributed by atoms with Crippen molar-refractivity contribution in [2.24, 2.45) is 7.05 Å². The number of urea groups is 1. The lowest BCUT2D eigenvalue weighted by Crippen LogP contribution is -2.50. The normalized spacial score (nSPS) is 13.8. The molecule has 38 heavy (non-hydrogen) atoms. The summed E-state index contributed by atoms with van der Waals surface area (Å²) < 4.78 is 32.8. The third kappa shape index (κ3) is 5.87. The lowest BCUT2D eigenvalue weighted by molar-refractivity contribution is 0.0947. The Bertz CT molecular complexity index is 1350. The quantitative estimate of drug-likeness (QED) is 0.390. The number of alkyl halides is 2. The Labute approximate surface area is 220 Å². The van der Waals surface area contributed by atoms with Gasteiger partial charge in [-0.25, -0.2) is 18.6 Å². The molecule has 17 heteroatoms. The number of nitrogens with zero attached hydrogens (tertiary/aromatic N) is 7. The molecule has 1 aliphatic rings. The Kier molecular flexibility index (Phi) is 7.55. The molecule has 0 bridgehead atoms. The molecule has 12 nitrogen and oxygen atoms in total. The summed E-state index contributed by atoms with van der Waals surface area (Å²) in [4.78, 5) is 32.0. The summed E-state index contributed by atoms with van der Waals surface area (Å²) in [5, 5.41) is 15.4. The van der Waals surface area contributed by atoms with E-state index in [1.165, 1.54) is 29.1 Å². The zero-order chi connectivity index (χ0) is 27.6. The van der Waals surface area contributed by atoms with Crippen LogP contribution >= 0.6 is 0 Å². The second-order valence-corrected chi connectivity index (χ2v) is 8.38. The predicted molar refractivity (Wildman–Crippen MR) is 136 cm³/mol. The monoisotopic (exact) mass is 517 g/mol. The highest BCUT2D eigenvalue weighted by atomic mass is 19.3. The summed E-state index contributed by atoms with van der Waals surface area (Å²) in [6.45, 7) is -0.558. The van der Waals surface area contributed by atoms with Crippen molar-refractivity contribution in [3.8, 4) is 17.1 Å². The van der Waals surface area contributed by atoms with Crippen LogP contribution in [-0.4, -0.2) is 104 Å². The number of nitrogens with one attached hydrogen (secondary N) is 2. The molecule has 0 atom stereocenters. The topological polar surface area (TPSA) is 130 Å². The molecule has 0 spiro atoms. The van der Waals surface area contributed by atoms with Crippen molar-refractivity contribution in [3.05, 3.63) is 36.3 Å². The first kappa shape index (κ1) is 26.9. The van der Waals surface area contributed by atoms with Gasteiger partial charge >= 0.3 is 6.03 Å². The third-order valence-corrected chi connectivity index (χ3v) is 5.39. The SMILES string of the molecule is [B]C([B])([B])NC(=O)c1nnc(N2CCN(CC(F)F)C2=O)cc1Nc1cccc(-c2ncn(C)n2)c1OC. The van der Waals surface area contributed by atoms with Gasteiger partial charge in [-0.15, -0.1) is 10.2 Å². The maximum absolute atomic E-state index is 12.9. The molecule has 1 aromatic carbocycles. The highest BCUT2D eigenvalue weighted by molar-refractivity contribution is 6.60. The second kappa shape index (κ2) is 10.7. The van der Waals surface area contributed by atoms with Crippen LogP contribution in [0, 0.1) is 0 Å². The standard InChI is InChI=1S/C21H20B3F2N9O3/c1-33-10-27-18(32-33)11-4-3-5-12(17(11)38-2)28-13-8-15(30-31-16(13)19(36)29-21(22,23)24)35-7-6-34(20(35)37)9-14(25)26/h3-5,8,10,14H,6-7,9H2,1-2H3,(H,28,30)(H,29,36). The Morgan fingerprint density at radius 3 is 2.61 bits per heavy atom. The maximum atomic E-state index is 12.9. The number of para-hydroxylation sites is 1. The maximum Gasteiger partial charge on any atom is 0.326 e. The van der Waals surface area contributed by atoms with Gasteiger partial charge in [0.25, 0.3) is 12.3 Å². The number of rotatable bonds is 9. The molecule has 1 saturated heterocycles. The fourth-order valence-electron chi connectivity index (χ4n) is 3.80. The number of benzene rings is 1. The molecule has 0 unspecified atom stereocenters. The van der Waals surface area contributed by atoms with Gasteiger partial charge < -0.3 is 20.3 Å². The van der Waals surface area contributed by atoms with Crippen LogP contribution in [0.4, 0.5) is 30.8 Å². The molecule has 0 aliphatic carbocycles. The largest absolute Gasteiger partial charge is 0.494 e. The Morgan fingerprint density at radius 1 is 1.21 bits per heavy atom. The molecular weight excluding hydrogens is 497 g/mol. The van der Waals surface area contributed by atoms with Gasteiger partial charge in [-0.3, -0.25) is 14.4 Å². The average Bonchev–Trinajstić information content (AvgIpc) is 3.43. The first-order valence-electron chi connectivity index (χ1n) is 11.2. The molecule has 3 amide bonds. The summed E-state index contributed by atoms with van der Waals surface area (Å²) >= 11 is 0. The van der Waals surface area contributed by atoms with Crippen LogP contribution < -0.4 is 20.3 Å². The van der Waals surface area contributed by atoms with Crippen LogP contribution in [0.25, 0.3) is 11.4 Å². The van der Waals surface area contributed by atoms with E-state index in [1.807, 2.05) is 0 Å². The summed E-state index contributed by atoms with van der Waals surface area (Å²) in [7, 11) is 19.7. The van der Waals surface area contributed by atoms with Crippen LogP contribution in [0.2, 0.25) is 0 Å². The first-order chi connectivity index (χ1) is 18.0. The Balaban J connectivity index is 1.74. The van der Waals surface area contributed by atoms with E-state index in [2.05, 4.69) is 30.9 Å². The van der Waals surface area contributed by atoms with Crippen LogP contribution in [0.1, 0.15) is 10.5 Å². The van der Waals surface area contributed by atoms with Gasteiger partial charge in [-0.05, 0) is 12.1 Å². The number of methoxy groups -OCH3 is 1. The van der Waals surface area contributed by atoms with Gasteiger partial charge in [0.05, 0.1) is 54.1 Å². The number of ether oxygens (including phenoxy) is 1. The zero-order valence-corrected chi connectivity index (χ0v) is 20.4. The van der Waals surface area contributed by atoms with Crippen molar-refractivity contribution in [2.75, 3.05) is 37.0 Å². The van der Waals surface area contributed by atoms with E-state index in [0.717, 1.165) is 4.90 Å². The van der Waals surface area contributed by atoms with Crippen LogP contribution in [0.5, 0.6) is 5.75 Å². The summed E-state index contributed by atoms with van der Waals surface area (Å²) in [6, 6.07) is 5.81. The van der Waals surface area contributed by atoms with Crippen molar-refractivity contribution >= 4 is 52.7 Å². The highest BCUT2D eigenvalue weighted by Gasteiger charge is 2.33. The molecule has 2 N–H and O–H groups in total. The second-order valence-electron chi connectivity index (χ2n) is 8.38. The number of aromatic nitrogens is 5. The van der Waals surface area contributed by atoms with Gasteiger partial charge in [-0.2, -0.15) is 5.10 Å². The fourth-order valence-corrected chi connectivity index (χ4v) is 3.80. The summed E-state index contributed by atoms with van der Waals surface area (Å²) in [5.74, 6) is -0.116. The predicted octanol–water partition coefficient (Wildman–Crippen LogP) is 0.378. The smallest absolute Gasteiger partial charge is 0.326 e. The Hall–Kier alpha value is -4.17. The molecule has 1 aliphatic heterocycles. The van der Waals surface area contributed by atoms with Gasteiger partial charge in [0.2, 0.25) is 0 Å². The van der Waals surface area contributed by atoms with Crippen molar-refractivity contribution in [1.82, 2.24) is 35.2 Å². The van der Waals surface area contributed by atoms with Crippen molar-refractivity contribution in [2.45, 2.75) is 11.7 Å². The van der Waals surface area contributed by atoms with Crippen LogP contribution in [-0.2, 0) is 7.05 Å². The van der Waals surface area contributed by atoms with E-state index >= 15 is 0 Å². The number of amides is 3. The lowest BCUT2D eigenvalue weighted by Gasteiger charge is -2.23. The van der Waals surface area contributed by atoms with Crippen molar-refractivity contribution < 1.29 is 23.1 Å². The van der Waals surface area contributed by atoms with Gasteiger partial charge in [0, 0.05) is 26.2 Å². The number of hydrogen-bond donors (Lipinski definition) is 2. The van der Waals surface area contributed by atoms with Gasteiger partial charge in [0.15, 0.2) is 23.1 Å². The van der Waals surface area contributed by atoms with E-state index in [0.29, 0.717) is 22.8 Å². The van der Waals surface area contributed by atoms with Crippen molar-refractivity contribution in [3.63, 3.8) is 0 Å². The molecule has 3 aromatic rings. The highest BCUT2D eigenvalue weighted by Crippen LogP contribution is 2.37. The molecule has 2 aromatic heterocycles. The molecule has 1 fully saturated rings. The lowest BCUT2D eigenvalue weighted by atomic mass is 9.49. The molecule has 3 heterocycles. The number of aryl methyl sites for hydroxylation is 1. The minimum Gasteiger partial charge on any atom is -0.494 e. The van der Waals surface area contributed by atoms with E-state index in [1.54, 1.807) is 25.2 Å². The molecule has 6 radical (unpaired) electrons. The van der Waals surface area contributed by atoms with E-state index in [9.17, 15) is 18.4 Å². The van der Waals surface area contributed by atoms with E-state index in [4.69, 9.17) is 28.3 Å². The van der Waals surface area contributed by atoms with Crippen molar-refractivity contribution in [1.29, 1.82) is 0 Å². The van der Waals surface area contributed by atoms with Crippen LogP contribution in [0.15, 0.2) is 30.6 Å². The summed E-state index contributed by atoms with van der Waals surface area (Å²) in [6.07, 6.45) is -1.16. The van der Waals surface area contributed by atoms with E-state index < -0.39 is 30.1 Å². The summed E-state index contributed by atoms with van der Waals surface area (Å²) in [5.41, 5.74) is 0.742. The minimum absolute atomic E-state index is 0.0202. The zero-order valence-electron chi connectivity index (χ0n) is 20.4. The number of carbonyl (C=O) groups excluding carboxylic acids is 2. The number of halogens is 2. The van der Waals surface area contributed by atoms with Gasteiger partial charge in [-0.1, -0.05) is 11.3 Å². The number of anilines is 3. The average molecular weight is 517 g/mol. The number of hydrogen-bond acceptors (Lipinski definition) is 8. The molecule has 0 saturated carbocycles. The molecular formula is C21H20B3F2N9O3. The third-order valence-electron chi connectivity index (χ3n) is 5.39. The fraction of sp³-hybridized carbons (Fsp3) is 0.333.